The number of rotatable bonds is 52. The van der Waals surface area contributed by atoms with Gasteiger partial charge in [-0.05, 0) is 83.5 Å². The molecular formula is C64H111NO3. The Morgan fingerprint density at radius 3 is 0.971 bits per heavy atom. The third-order valence-corrected chi connectivity index (χ3v) is 12.8. The fourth-order valence-electron chi connectivity index (χ4n) is 8.37. The summed E-state index contributed by atoms with van der Waals surface area (Å²) in [7, 11) is 0. The van der Waals surface area contributed by atoms with E-state index < -0.39 is 12.1 Å². The van der Waals surface area contributed by atoms with E-state index in [0.717, 1.165) is 89.9 Å². The van der Waals surface area contributed by atoms with Crippen LogP contribution in [0.4, 0.5) is 0 Å². The average molecular weight is 943 g/mol. The first-order valence-corrected chi connectivity index (χ1v) is 29.1. The summed E-state index contributed by atoms with van der Waals surface area (Å²) >= 11 is 0. The van der Waals surface area contributed by atoms with Crippen molar-refractivity contribution in [2.75, 3.05) is 6.61 Å². The van der Waals surface area contributed by atoms with Crippen LogP contribution in [0.2, 0.25) is 0 Å². The van der Waals surface area contributed by atoms with E-state index in [0.29, 0.717) is 6.42 Å². The van der Waals surface area contributed by atoms with Crippen molar-refractivity contribution in [1.82, 2.24) is 5.32 Å². The van der Waals surface area contributed by atoms with Crippen LogP contribution < -0.4 is 5.32 Å². The number of carbonyl (C=O) groups is 1. The van der Waals surface area contributed by atoms with Crippen molar-refractivity contribution in [3.8, 4) is 0 Å². The van der Waals surface area contributed by atoms with Gasteiger partial charge in [0.15, 0.2) is 0 Å². The van der Waals surface area contributed by atoms with Crippen molar-refractivity contribution in [1.29, 1.82) is 0 Å². The van der Waals surface area contributed by atoms with E-state index >= 15 is 0 Å². The van der Waals surface area contributed by atoms with Crippen LogP contribution in [0.5, 0.6) is 0 Å². The lowest BCUT2D eigenvalue weighted by Crippen LogP contribution is -2.45. The number of nitrogens with one attached hydrogen (secondary N) is 1. The van der Waals surface area contributed by atoms with Gasteiger partial charge in [0.1, 0.15) is 0 Å². The predicted octanol–water partition coefficient (Wildman–Crippen LogP) is 19.5. The molecule has 0 aromatic heterocycles. The van der Waals surface area contributed by atoms with Crippen LogP contribution in [-0.4, -0.2) is 34.9 Å². The summed E-state index contributed by atoms with van der Waals surface area (Å²) < 4.78 is 0. The molecule has 2 unspecified atom stereocenters. The molecule has 0 heterocycles. The number of allylic oxidation sites excluding steroid dienone is 17. The highest BCUT2D eigenvalue weighted by molar-refractivity contribution is 5.76. The Labute approximate surface area is 423 Å². The molecule has 0 aliphatic heterocycles. The maximum Gasteiger partial charge on any atom is 0.220 e. The predicted molar refractivity (Wildman–Crippen MR) is 303 cm³/mol. The van der Waals surface area contributed by atoms with Crippen LogP contribution in [0.15, 0.2) is 109 Å². The number of carbonyl (C=O) groups excluding carboxylic acids is 1. The Balaban J connectivity index is 3.61. The highest BCUT2D eigenvalue weighted by atomic mass is 16.3. The summed E-state index contributed by atoms with van der Waals surface area (Å²) in [5, 5.41) is 23.2. The molecule has 0 radical (unpaired) electrons. The second-order valence-corrected chi connectivity index (χ2v) is 19.3. The van der Waals surface area contributed by atoms with Crippen molar-refractivity contribution in [3.63, 3.8) is 0 Å². The van der Waals surface area contributed by atoms with Crippen molar-refractivity contribution >= 4 is 5.91 Å². The van der Waals surface area contributed by atoms with Gasteiger partial charge in [0, 0.05) is 6.42 Å². The second-order valence-electron chi connectivity index (χ2n) is 19.3. The van der Waals surface area contributed by atoms with Gasteiger partial charge in [-0.3, -0.25) is 4.79 Å². The normalized spacial score (nSPS) is 13.6. The lowest BCUT2D eigenvalue weighted by atomic mass is 10.0. The minimum Gasteiger partial charge on any atom is -0.394 e. The molecule has 2 atom stereocenters. The zero-order chi connectivity index (χ0) is 49.2. The first kappa shape index (κ1) is 65.0. The summed E-state index contributed by atoms with van der Waals surface area (Å²) in [6.07, 6.45) is 88.2. The molecule has 68 heavy (non-hydrogen) atoms. The average Bonchev–Trinajstić information content (AvgIpc) is 3.34. The summed E-state index contributed by atoms with van der Waals surface area (Å²) in [5.74, 6) is -0.0807. The lowest BCUT2D eigenvalue weighted by Gasteiger charge is -2.20. The second kappa shape index (κ2) is 58.4. The summed E-state index contributed by atoms with van der Waals surface area (Å²) in [4.78, 5) is 12.5. The molecule has 0 aliphatic carbocycles. The molecule has 0 saturated carbocycles. The molecule has 0 saturated heterocycles. The highest BCUT2D eigenvalue weighted by Crippen LogP contribution is 2.16. The van der Waals surface area contributed by atoms with Crippen LogP contribution in [0.25, 0.3) is 0 Å². The molecule has 0 spiro atoms. The van der Waals surface area contributed by atoms with Gasteiger partial charge in [0.2, 0.25) is 5.91 Å². The number of hydrogen-bond acceptors (Lipinski definition) is 3. The smallest absolute Gasteiger partial charge is 0.220 e. The largest absolute Gasteiger partial charge is 0.394 e. The van der Waals surface area contributed by atoms with Crippen molar-refractivity contribution in [3.05, 3.63) is 109 Å². The van der Waals surface area contributed by atoms with Crippen LogP contribution in [0.3, 0.4) is 0 Å². The third-order valence-electron chi connectivity index (χ3n) is 12.8. The number of aliphatic hydroxyl groups is 2. The molecular weight excluding hydrogens is 831 g/mol. The van der Waals surface area contributed by atoms with Crippen molar-refractivity contribution < 1.29 is 15.0 Å². The Hall–Kier alpha value is -2.95. The Morgan fingerprint density at radius 1 is 0.368 bits per heavy atom. The fraction of sp³-hybridized carbons (Fsp3) is 0.703. The van der Waals surface area contributed by atoms with E-state index in [1.165, 1.54) is 161 Å². The highest BCUT2D eigenvalue weighted by Gasteiger charge is 2.18. The zero-order valence-corrected chi connectivity index (χ0v) is 44.8. The minimum atomic E-state index is -0.855. The van der Waals surface area contributed by atoms with Gasteiger partial charge in [-0.1, -0.05) is 290 Å². The standard InChI is InChI=1S/C64H111NO3/c1-3-5-7-9-11-13-15-17-19-21-23-25-27-29-30-31-32-33-34-36-38-40-42-44-46-48-50-52-54-56-58-60-64(68)65-62(61-66)63(67)59-57-55-53-51-49-47-45-43-41-39-37-35-28-26-24-22-20-18-16-14-12-10-8-6-4-2/h5,7,11,13,17,19,23,25,29-30,32-33,36,38,42,44,57,59,62-63,66-67H,3-4,6,8-10,12,14-16,18,20-22,24,26-28,31,34-35,37,39-41,43,45-56,58,60-61H2,1-2H3,(H,65,68)/b7-5-,13-11-,19-17-,25-23-,30-29-,33-32-,38-36-,44-42-,59-57+. The molecule has 1 amide bonds. The number of aliphatic hydroxyl groups excluding tert-OH is 2. The van der Waals surface area contributed by atoms with Gasteiger partial charge >= 0.3 is 0 Å². The first-order valence-electron chi connectivity index (χ1n) is 29.1. The van der Waals surface area contributed by atoms with Crippen LogP contribution in [-0.2, 0) is 4.79 Å². The summed E-state index contributed by atoms with van der Waals surface area (Å²) in [6, 6.07) is -0.640. The molecule has 0 aliphatic rings. The number of amides is 1. The molecule has 0 aromatic carbocycles. The SMILES string of the molecule is CC/C=C\C/C=C\C/C=C\C/C=C\C/C=C\C/C=C\C/C=C\C/C=C\CCCCCCCCC(=O)NC(CO)C(O)/C=C/CCCCCCCCCCCCCCCCCCCCCCCCC. The maximum absolute atomic E-state index is 12.5. The van der Waals surface area contributed by atoms with Gasteiger partial charge in [-0.15, -0.1) is 0 Å². The topological polar surface area (TPSA) is 69.6 Å². The lowest BCUT2D eigenvalue weighted by molar-refractivity contribution is -0.123. The van der Waals surface area contributed by atoms with E-state index in [-0.39, 0.29) is 12.5 Å². The van der Waals surface area contributed by atoms with Crippen LogP contribution in [0.1, 0.15) is 271 Å². The van der Waals surface area contributed by atoms with Gasteiger partial charge in [0.25, 0.3) is 0 Å². The fourth-order valence-corrected chi connectivity index (χ4v) is 8.37. The van der Waals surface area contributed by atoms with E-state index in [9.17, 15) is 15.0 Å². The van der Waals surface area contributed by atoms with E-state index in [2.05, 4.69) is 116 Å². The molecule has 3 N–H and O–H groups in total. The third kappa shape index (κ3) is 54.0. The molecule has 390 valence electrons. The van der Waals surface area contributed by atoms with Crippen molar-refractivity contribution in [2.24, 2.45) is 0 Å². The number of unbranched alkanes of at least 4 members (excludes halogenated alkanes) is 29. The molecule has 4 nitrogen and oxygen atoms in total. The monoisotopic (exact) mass is 942 g/mol. The Kier molecular flexibility index (Phi) is 55.8. The van der Waals surface area contributed by atoms with Crippen LogP contribution >= 0.6 is 0 Å². The number of hydrogen-bond donors (Lipinski definition) is 3. The van der Waals surface area contributed by atoms with Gasteiger partial charge in [-0.25, -0.2) is 0 Å². The van der Waals surface area contributed by atoms with Crippen molar-refractivity contribution in [2.45, 2.75) is 283 Å². The van der Waals surface area contributed by atoms with E-state index in [4.69, 9.17) is 0 Å². The summed E-state index contributed by atoms with van der Waals surface area (Å²) in [5.41, 5.74) is 0. The Morgan fingerprint density at radius 2 is 0.647 bits per heavy atom. The first-order chi connectivity index (χ1) is 33.7. The Bertz CT molecular complexity index is 1300. The van der Waals surface area contributed by atoms with E-state index in [1.54, 1.807) is 6.08 Å². The van der Waals surface area contributed by atoms with Gasteiger partial charge in [0.05, 0.1) is 18.8 Å². The molecule has 0 bridgehead atoms. The quantitative estimate of drug-likeness (QED) is 0.0420. The van der Waals surface area contributed by atoms with Gasteiger partial charge in [-0.2, -0.15) is 0 Å². The molecule has 0 aromatic rings. The van der Waals surface area contributed by atoms with E-state index in [1.807, 2.05) is 6.08 Å². The minimum absolute atomic E-state index is 0.0807. The molecule has 0 fully saturated rings. The summed E-state index contributed by atoms with van der Waals surface area (Å²) in [6.45, 7) is 4.20. The van der Waals surface area contributed by atoms with Gasteiger partial charge < -0.3 is 15.5 Å². The van der Waals surface area contributed by atoms with Crippen LogP contribution in [0, 0.1) is 0 Å². The zero-order valence-electron chi connectivity index (χ0n) is 44.8. The maximum atomic E-state index is 12.5. The molecule has 4 heteroatoms. The molecule has 0 rings (SSSR count).